The van der Waals surface area contributed by atoms with Crippen LogP contribution in [0.15, 0.2) is 18.2 Å². The Morgan fingerprint density at radius 3 is 2.72 bits per heavy atom. The van der Waals surface area contributed by atoms with Crippen molar-refractivity contribution in [2.75, 3.05) is 6.54 Å². The Bertz CT molecular complexity index is 621. The molecule has 94 valence electrons. The third-order valence-corrected chi connectivity index (χ3v) is 3.19. The molecule has 0 bridgehead atoms. The number of carbonyl (C=O) groups is 1. The number of carboxylic acid groups (broad SMARTS) is 1. The van der Waals surface area contributed by atoms with Crippen molar-refractivity contribution in [1.82, 2.24) is 4.98 Å². The Morgan fingerprint density at radius 2 is 2.11 bits per heavy atom. The van der Waals surface area contributed by atoms with Gasteiger partial charge in [-0.05, 0) is 37.6 Å². The zero-order valence-corrected chi connectivity index (χ0v) is 10.5. The Morgan fingerprint density at radius 1 is 1.39 bits per heavy atom. The van der Waals surface area contributed by atoms with Gasteiger partial charge >= 0.3 is 5.97 Å². The van der Waals surface area contributed by atoms with E-state index in [0.717, 1.165) is 22.3 Å². The number of hydrogen-bond acceptors (Lipinski definition) is 3. The second-order valence-electron chi connectivity index (χ2n) is 4.41. The van der Waals surface area contributed by atoms with Crippen LogP contribution in [0, 0.1) is 13.8 Å². The lowest BCUT2D eigenvalue weighted by Crippen LogP contribution is -2.08. The summed E-state index contributed by atoms with van der Waals surface area (Å²) >= 11 is 0. The largest absolute Gasteiger partial charge is 0.478 e. The van der Waals surface area contributed by atoms with Crippen LogP contribution in [-0.4, -0.2) is 22.6 Å². The molecule has 2 rings (SSSR count). The monoisotopic (exact) mass is 244 g/mol. The molecule has 18 heavy (non-hydrogen) atoms. The van der Waals surface area contributed by atoms with Gasteiger partial charge < -0.3 is 10.8 Å². The molecular weight excluding hydrogens is 228 g/mol. The lowest BCUT2D eigenvalue weighted by atomic mass is 10.0. The molecule has 0 saturated heterocycles. The van der Waals surface area contributed by atoms with Gasteiger partial charge in [-0.1, -0.05) is 12.1 Å². The van der Waals surface area contributed by atoms with Crippen molar-refractivity contribution in [3.63, 3.8) is 0 Å². The third-order valence-electron chi connectivity index (χ3n) is 3.19. The summed E-state index contributed by atoms with van der Waals surface area (Å²) in [4.78, 5) is 15.8. The molecule has 0 fully saturated rings. The number of fused-ring (bicyclic) bond motifs is 1. The fourth-order valence-corrected chi connectivity index (χ4v) is 2.04. The number of nitrogens with zero attached hydrogens (tertiary/aromatic N) is 1. The molecule has 0 spiro atoms. The van der Waals surface area contributed by atoms with Gasteiger partial charge in [0.05, 0.1) is 11.1 Å². The van der Waals surface area contributed by atoms with E-state index in [4.69, 9.17) is 5.73 Å². The molecule has 4 heteroatoms. The zero-order chi connectivity index (χ0) is 13.3. The summed E-state index contributed by atoms with van der Waals surface area (Å²) in [5.41, 5.74) is 9.43. The molecule has 0 saturated carbocycles. The predicted molar refractivity (Wildman–Crippen MR) is 70.9 cm³/mol. The van der Waals surface area contributed by atoms with Crippen molar-refractivity contribution in [3.05, 3.63) is 40.6 Å². The zero-order valence-electron chi connectivity index (χ0n) is 10.5. The summed E-state index contributed by atoms with van der Waals surface area (Å²) in [6, 6.07) is 5.36. The molecular formula is C14H16N2O2. The summed E-state index contributed by atoms with van der Waals surface area (Å²) in [5, 5.41) is 9.96. The summed E-state index contributed by atoms with van der Waals surface area (Å²) in [5.74, 6) is -0.927. The second kappa shape index (κ2) is 4.74. The highest BCUT2D eigenvalue weighted by Crippen LogP contribution is 2.24. The number of aryl methyl sites for hydroxylation is 2. The maximum Gasteiger partial charge on any atom is 0.336 e. The summed E-state index contributed by atoms with van der Waals surface area (Å²) in [6.45, 7) is 4.41. The van der Waals surface area contributed by atoms with E-state index in [0.29, 0.717) is 23.9 Å². The first-order valence-corrected chi connectivity index (χ1v) is 5.87. The average molecular weight is 244 g/mol. The summed E-state index contributed by atoms with van der Waals surface area (Å²) < 4.78 is 0. The minimum atomic E-state index is -0.927. The van der Waals surface area contributed by atoms with Crippen LogP contribution < -0.4 is 5.73 Å². The number of carboxylic acids is 1. The van der Waals surface area contributed by atoms with Crippen LogP contribution in [0.3, 0.4) is 0 Å². The molecule has 0 amide bonds. The van der Waals surface area contributed by atoms with Gasteiger partial charge in [0.15, 0.2) is 0 Å². The number of benzene rings is 1. The van der Waals surface area contributed by atoms with Crippen molar-refractivity contribution in [3.8, 4) is 0 Å². The number of aromatic nitrogens is 1. The van der Waals surface area contributed by atoms with Gasteiger partial charge in [-0.15, -0.1) is 0 Å². The quantitative estimate of drug-likeness (QED) is 0.866. The highest BCUT2D eigenvalue weighted by molar-refractivity contribution is 6.03. The summed E-state index contributed by atoms with van der Waals surface area (Å²) in [6.07, 6.45) is 0.587. The standard InChI is InChI=1S/C14H16N2O2/c1-8-3-4-11-12(14(17)18)7-10(5-6-15)16-13(11)9(8)2/h3-4,7H,5-6,15H2,1-2H3,(H,17,18). The summed E-state index contributed by atoms with van der Waals surface area (Å²) in [7, 11) is 0. The van der Waals surface area contributed by atoms with Crippen LogP contribution in [0.5, 0.6) is 0 Å². The molecule has 0 radical (unpaired) electrons. The van der Waals surface area contributed by atoms with E-state index in [-0.39, 0.29) is 0 Å². The Hall–Kier alpha value is -1.94. The van der Waals surface area contributed by atoms with Gasteiger partial charge in [0, 0.05) is 17.5 Å². The Kier molecular flexibility index (Phi) is 3.30. The molecule has 1 aromatic heterocycles. The van der Waals surface area contributed by atoms with Crippen molar-refractivity contribution in [2.24, 2.45) is 5.73 Å². The Balaban J connectivity index is 2.81. The van der Waals surface area contributed by atoms with Gasteiger partial charge in [0.2, 0.25) is 0 Å². The molecule has 1 heterocycles. The molecule has 0 aliphatic rings. The first kappa shape index (κ1) is 12.5. The SMILES string of the molecule is Cc1ccc2c(C(=O)O)cc(CCN)nc2c1C. The lowest BCUT2D eigenvalue weighted by Gasteiger charge is -2.10. The normalized spacial score (nSPS) is 10.8. The molecule has 1 aromatic carbocycles. The van der Waals surface area contributed by atoms with E-state index < -0.39 is 5.97 Å². The van der Waals surface area contributed by atoms with Crippen LogP contribution in [0.25, 0.3) is 10.9 Å². The van der Waals surface area contributed by atoms with E-state index in [9.17, 15) is 9.90 Å². The smallest absolute Gasteiger partial charge is 0.336 e. The number of nitrogens with two attached hydrogens (primary N) is 1. The number of rotatable bonds is 3. The lowest BCUT2D eigenvalue weighted by molar-refractivity contribution is 0.0699. The van der Waals surface area contributed by atoms with Crippen molar-refractivity contribution >= 4 is 16.9 Å². The van der Waals surface area contributed by atoms with Crippen LogP contribution >= 0.6 is 0 Å². The van der Waals surface area contributed by atoms with E-state index in [1.54, 1.807) is 6.07 Å². The molecule has 0 unspecified atom stereocenters. The van der Waals surface area contributed by atoms with Crippen LogP contribution in [0.1, 0.15) is 27.2 Å². The van der Waals surface area contributed by atoms with Gasteiger partial charge in [0.25, 0.3) is 0 Å². The van der Waals surface area contributed by atoms with Gasteiger partial charge in [-0.2, -0.15) is 0 Å². The van der Waals surface area contributed by atoms with Crippen molar-refractivity contribution < 1.29 is 9.90 Å². The molecule has 0 aliphatic heterocycles. The van der Waals surface area contributed by atoms with Crippen LogP contribution in [0.2, 0.25) is 0 Å². The molecule has 0 aliphatic carbocycles. The predicted octanol–water partition coefficient (Wildman–Crippen LogP) is 2.05. The Labute approximate surface area is 105 Å². The topological polar surface area (TPSA) is 76.2 Å². The molecule has 4 nitrogen and oxygen atoms in total. The van der Waals surface area contributed by atoms with Crippen molar-refractivity contribution in [1.29, 1.82) is 0 Å². The molecule has 2 aromatic rings. The van der Waals surface area contributed by atoms with Gasteiger partial charge in [0.1, 0.15) is 0 Å². The minimum absolute atomic E-state index is 0.298. The van der Waals surface area contributed by atoms with Gasteiger partial charge in [-0.25, -0.2) is 4.79 Å². The maximum atomic E-state index is 11.3. The average Bonchev–Trinajstić information content (AvgIpc) is 2.34. The number of aromatic carboxylic acids is 1. The third kappa shape index (κ3) is 2.07. The fraction of sp³-hybridized carbons (Fsp3) is 0.286. The van der Waals surface area contributed by atoms with E-state index >= 15 is 0 Å². The van der Waals surface area contributed by atoms with E-state index in [1.807, 2.05) is 26.0 Å². The number of pyridine rings is 1. The van der Waals surface area contributed by atoms with E-state index in [1.165, 1.54) is 0 Å². The molecule has 0 atom stereocenters. The minimum Gasteiger partial charge on any atom is -0.478 e. The van der Waals surface area contributed by atoms with Crippen LogP contribution in [-0.2, 0) is 6.42 Å². The highest BCUT2D eigenvalue weighted by atomic mass is 16.4. The first-order valence-electron chi connectivity index (χ1n) is 5.87. The van der Waals surface area contributed by atoms with Crippen molar-refractivity contribution in [2.45, 2.75) is 20.3 Å². The molecule has 3 N–H and O–H groups in total. The van der Waals surface area contributed by atoms with Crippen LogP contribution in [0.4, 0.5) is 0 Å². The number of hydrogen-bond donors (Lipinski definition) is 2. The fourth-order valence-electron chi connectivity index (χ4n) is 2.04. The highest BCUT2D eigenvalue weighted by Gasteiger charge is 2.13. The van der Waals surface area contributed by atoms with E-state index in [2.05, 4.69) is 4.98 Å². The maximum absolute atomic E-state index is 11.3. The second-order valence-corrected chi connectivity index (χ2v) is 4.41. The first-order chi connectivity index (χ1) is 8.54. The van der Waals surface area contributed by atoms with Gasteiger partial charge in [-0.3, -0.25) is 4.98 Å².